The maximum atomic E-state index is 5.50. The van der Waals surface area contributed by atoms with Gasteiger partial charge in [0, 0.05) is 18.7 Å². The van der Waals surface area contributed by atoms with Gasteiger partial charge in [0.05, 0.1) is 6.61 Å². The summed E-state index contributed by atoms with van der Waals surface area (Å²) >= 11 is 0. The summed E-state index contributed by atoms with van der Waals surface area (Å²) in [4.78, 5) is 0. The first kappa shape index (κ1) is 12.2. The molecule has 0 aromatic heterocycles. The monoisotopic (exact) mass is 245 g/mol. The molecule has 1 aromatic rings. The van der Waals surface area contributed by atoms with Gasteiger partial charge in [0.1, 0.15) is 0 Å². The molecule has 3 rings (SSSR count). The summed E-state index contributed by atoms with van der Waals surface area (Å²) in [6.07, 6.45) is 3.77. The van der Waals surface area contributed by atoms with Crippen molar-refractivity contribution in [1.82, 2.24) is 5.32 Å². The van der Waals surface area contributed by atoms with Crippen molar-refractivity contribution in [3.63, 3.8) is 0 Å². The van der Waals surface area contributed by atoms with Crippen molar-refractivity contribution >= 4 is 0 Å². The molecule has 1 saturated carbocycles. The van der Waals surface area contributed by atoms with Crippen molar-refractivity contribution in [2.24, 2.45) is 5.92 Å². The largest absolute Gasteiger partial charge is 0.381 e. The van der Waals surface area contributed by atoms with Crippen molar-refractivity contribution in [3.8, 4) is 0 Å². The molecular weight excluding hydrogens is 222 g/mol. The highest BCUT2D eigenvalue weighted by molar-refractivity contribution is 5.22. The lowest BCUT2D eigenvalue weighted by molar-refractivity contribution is 0.0312. The predicted octanol–water partition coefficient (Wildman–Crippen LogP) is 2.95. The minimum Gasteiger partial charge on any atom is -0.381 e. The summed E-state index contributed by atoms with van der Waals surface area (Å²) in [6, 6.07) is 12.3. The highest BCUT2D eigenvalue weighted by Crippen LogP contribution is 2.37. The number of nitrogens with one attached hydrogen (secondary N) is 1. The van der Waals surface area contributed by atoms with Crippen molar-refractivity contribution in [3.05, 3.63) is 35.9 Å². The van der Waals surface area contributed by atoms with Gasteiger partial charge < -0.3 is 10.1 Å². The lowest BCUT2D eigenvalue weighted by Gasteiger charge is -2.41. The Kier molecular flexibility index (Phi) is 3.67. The van der Waals surface area contributed by atoms with Crippen LogP contribution in [0.1, 0.15) is 37.7 Å². The van der Waals surface area contributed by atoms with Crippen LogP contribution in [0, 0.1) is 5.92 Å². The van der Waals surface area contributed by atoms with E-state index in [0.717, 1.165) is 25.2 Å². The maximum absolute atomic E-state index is 5.50. The summed E-state index contributed by atoms with van der Waals surface area (Å²) in [6.45, 7) is 4.15. The van der Waals surface area contributed by atoms with Gasteiger partial charge in [-0.15, -0.1) is 0 Å². The molecule has 2 heteroatoms. The van der Waals surface area contributed by atoms with E-state index in [2.05, 4.69) is 42.6 Å². The molecule has 1 aliphatic heterocycles. The Labute approximate surface area is 110 Å². The summed E-state index contributed by atoms with van der Waals surface area (Å²) in [5.41, 5.74) is 1.51. The molecule has 1 aromatic carbocycles. The summed E-state index contributed by atoms with van der Waals surface area (Å²) in [7, 11) is 0. The van der Waals surface area contributed by atoms with E-state index in [1.165, 1.54) is 24.8 Å². The van der Waals surface area contributed by atoms with Gasteiger partial charge in [-0.05, 0) is 36.7 Å². The molecule has 0 bridgehead atoms. The number of ether oxygens (including phenoxy) is 1. The van der Waals surface area contributed by atoms with Crippen LogP contribution in [-0.4, -0.2) is 25.3 Å². The molecule has 2 unspecified atom stereocenters. The molecule has 2 nitrogen and oxygen atoms in total. The fraction of sp³-hybridized carbons (Fsp3) is 0.625. The second-order valence-electron chi connectivity index (χ2n) is 5.89. The molecular formula is C16H23NO. The van der Waals surface area contributed by atoms with Crippen LogP contribution in [0.25, 0.3) is 0 Å². The van der Waals surface area contributed by atoms with Crippen LogP contribution in [0.5, 0.6) is 0 Å². The average Bonchev–Trinajstić information content (AvgIpc) is 2.36. The van der Waals surface area contributed by atoms with Crippen LogP contribution in [-0.2, 0) is 4.74 Å². The maximum Gasteiger partial charge on any atom is 0.0506 e. The van der Waals surface area contributed by atoms with Crippen LogP contribution in [0.3, 0.4) is 0 Å². The third-order valence-corrected chi connectivity index (χ3v) is 4.50. The van der Waals surface area contributed by atoms with Gasteiger partial charge in [-0.1, -0.05) is 37.3 Å². The Morgan fingerprint density at radius 1 is 1.17 bits per heavy atom. The fourth-order valence-corrected chi connectivity index (χ4v) is 3.18. The molecule has 0 amide bonds. The van der Waals surface area contributed by atoms with E-state index in [1.54, 1.807) is 0 Å². The number of hydrogen-bond acceptors (Lipinski definition) is 2. The van der Waals surface area contributed by atoms with E-state index in [1.807, 2.05) is 0 Å². The smallest absolute Gasteiger partial charge is 0.0506 e. The van der Waals surface area contributed by atoms with Crippen LogP contribution < -0.4 is 5.32 Å². The van der Waals surface area contributed by atoms with E-state index in [0.29, 0.717) is 12.0 Å². The zero-order chi connectivity index (χ0) is 12.4. The molecule has 1 heterocycles. The lowest BCUT2D eigenvalue weighted by atomic mass is 9.75. The zero-order valence-electron chi connectivity index (χ0n) is 11.1. The minimum atomic E-state index is 0.662. The van der Waals surface area contributed by atoms with Gasteiger partial charge in [0.25, 0.3) is 0 Å². The Morgan fingerprint density at radius 2 is 1.94 bits per heavy atom. The topological polar surface area (TPSA) is 21.3 Å². The van der Waals surface area contributed by atoms with Crippen LogP contribution in [0.4, 0.5) is 0 Å². The molecule has 2 fully saturated rings. The van der Waals surface area contributed by atoms with Crippen LogP contribution in [0.2, 0.25) is 0 Å². The molecule has 98 valence electrons. The first-order chi connectivity index (χ1) is 8.83. The normalized spacial score (nSPS) is 36.1. The molecule has 18 heavy (non-hydrogen) atoms. The molecule has 1 aliphatic carbocycles. The quantitative estimate of drug-likeness (QED) is 0.884. The Morgan fingerprint density at radius 3 is 2.67 bits per heavy atom. The van der Waals surface area contributed by atoms with Crippen molar-refractivity contribution < 1.29 is 4.74 Å². The first-order valence-electron chi connectivity index (χ1n) is 7.21. The number of hydrogen-bond donors (Lipinski definition) is 1. The van der Waals surface area contributed by atoms with E-state index in [9.17, 15) is 0 Å². The van der Waals surface area contributed by atoms with E-state index in [-0.39, 0.29) is 0 Å². The van der Waals surface area contributed by atoms with Gasteiger partial charge in [0.2, 0.25) is 0 Å². The lowest BCUT2D eigenvalue weighted by Crippen LogP contribution is -2.50. The molecule has 2 atom stereocenters. The Balaban J connectivity index is 1.48. The van der Waals surface area contributed by atoms with Gasteiger partial charge in [-0.25, -0.2) is 0 Å². The molecule has 1 saturated heterocycles. The predicted molar refractivity (Wildman–Crippen MR) is 73.7 cm³/mol. The van der Waals surface area contributed by atoms with Crippen LogP contribution in [0.15, 0.2) is 30.3 Å². The minimum absolute atomic E-state index is 0.662. The number of benzene rings is 1. The summed E-state index contributed by atoms with van der Waals surface area (Å²) < 4.78 is 5.50. The van der Waals surface area contributed by atoms with E-state index in [4.69, 9.17) is 4.74 Å². The third kappa shape index (κ3) is 2.60. The molecule has 1 N–H and O–H groups in total. The average molecular weight is 245 g/mol. The van der Waals surface area contributed by atoms with Gasteiger partial charge in [-0.3, -0.25) is 0 Å². The fourth-order valence-electron chi connectivity index (χ4n) is 3.18. The molecule has 0 radical (unpaired) electrons. The summed E-state index contributed by atoms with van der Waals surface area (Å²) in [5.74, 6) is 1.44. The number of rotatable bonds is 3. The second kappa shape index (κ2) is 5.41. The highest BCUT2D eigenvalue weighted by atomic mass is 16.5. The van der Waals surface area contributed by atoms with Crippen molar-refractivity contribution in [2.45, 2.75) is 44.2 Å². The van der Waals surface area contributed by atoms with E-state index >= 15 is 0 Å². The molecule has 0 spiro atoms. The van der Waals surface area contributed by atoms with Gasteiger partial charge >= 0.3 is 0 Å². The Hall–Kier alpha value is -0.860. The van der Waals surface area contributed by atoms with Crippen LogP contribution >= 0.6 is 0 Å². The van der Waals surface area contributed by atoms with Gasteiger partial charge in [-0.2, -0.15) is 0 Å². The zero-order valence-corrected chi connectivity index (χ0v) is 11.1. The van der Waals surface area contributed by atoms with Crippen molar-refractivity contribution in [1.29, 1.82) is 0 Å². The van der Waals surface area contributed by atoms with E-state index < -0.39 is 0 Å². The Bertz CT molecular complexity index is 372. The first-order valence-corrected chi connectivity index (χ1v) is 7.21. The SMILES string of the molecule is CC1COCCC1NC1CC(c2ccccc2)C1. The standard InChI is InChI=1S/C16H23NO/c1-12-11-18-8-7-16(12)17-15-9-14(10-15)13-5-3-2-4-6-13/h2-6,12,14-17H,7-11H2,1H3. The third-order valence-electron chi connectivity index (χ3n) is 4.50. The highest BCUT2D eigenvalue weighted by Gasteiger charge is 2.33. The molecule has 2 aliphatic rings. The summed E-state index contributed by atoms with van der Waals surface area (Å²) in [5, 5.41) is 3.82. The van der Waals surface area contributed by atoms with Crippen molar-refractivity contribution in [2.75, 3.05) is 13.2 Å². The second-order valence-corrected chi connectivity index (χ2v) is 5.89. The van der Waals surface area contributed by atoms with Gasteiger partial charge in [0.15, 0.2) is 0 Å².